The molecule has 1 atom stereocenters. The van der Waals surface area contributed by atoms with Gasteiger partial charge in [0.15, 0.2) is 0 Å². The minimum absolute atomic E-state index is 0.0849. The number of piperazine rings is 1. The molecule has 2 rings (SSSR count). The Labute approximate surface area is 115 Å². The van der Waals surface area contributed by atoms with Gasteiger partial charge in [-0.2, -0.15) is 0 Å². The molecule has 1 aromatic rings. The first kappa shape index (κ1) is 14.3. The second-order valence-electron chi connectivity index (χ2n) is 5.39. The summed E-state index contributed by atoms with van der Waals surface area (Å²) in [4.78, 5) is 2.30. The number of nitrogens with two attached hydrogens (primary N) is 1. The van der Waals surface area contributed by atoms with E-state index in [-0.39, 0.29) is 6.17 Å². The number of nitrogens with one attached hydrogen (secondary N) is 1. The fourth-order valence-corrected chi connectivity index (χ4v) is 2.49. The molecule has 0 aromatic heterocycles. The van der Waals surface area contributed by atoms with Gasteiger partial charge in [-0.1, -0.05) is 26.0 Å². The van der Waals surface area contributed by atoms with Gasteiger partial charge in [-0.05, 0) is 17.5 Å². The smallest absolute Gasteiger partial charge is 0.125 e. The predicted octanol–water partition coefficient (Wildman–Crippen LogP) is 1.68. The van der Waals surface area contributed by atoms with Crippen molar-refractivity contribution in [3.05, 3.63) is 29.3 Å². The first-order valence-corrected chi connectivity index (χ1v) is 7.01. The lowest BCUT2D eigenvalue weighted by Gasteiger charge is -2.33. The van der Waals surface area contributed by atoms with Crippen LogP contribution >= 0.6 is 0 Å². The van der Waals surface area contributed by atoms with E-state index in [1.165, 1.54) is 5.56 Å². The second kappa shape index (κ2) is 6.37. The van der Waals surface area contributed by atoms with E-state index in [0.29, 0.717) is 5.92 Å². The van der Waals surface area contributed by atoms with Crippen LogP contribution in [0.4, 0.5) is 0 Å². The molecule has 1 heterocycles. The maximum atomic E-state index is 6.39. The summed E-state index contributed by atoms with van der Waals surface area (Å²) in [5, 5.41) is 3.35. The largest absolute Gasteiger partial charge is 0.496 e. The van der Waals surface area contributed by atoms with Crippen LogP contribution in [0, 0.1) is 0 Å². The van der Waals surface area contributed by atoms with Crippen LogP contribution in [0.1, 0.15) is 37.1 Å². The molecule has 0 radical (unpaired) electrons. The van der Waals surface area contributed by atoms with E-state index in [4.69, 9.17) is 10.5 Å². The highest BCUT2D eigenvalue weighted by Crippen LogP contribution is 2.29. The van der Waals surface area contributed by atoms with Crippen molar-refractivity contribution >= 4 is 0 Å². The summed E-state index contributed by atoms with van der Waals surface area (Å²) in [7, 11) is 1.72. The maximum Gasteiger partial charge on any atom is 0.125 e. The quantitative estimate of drug-likeness (QED) is 0.868. The molecule has 1 aromatic carbocycles. The van der Waals surface area contributed by atoms with Crippen molar-refractivity contribution in [2.75, 3.05) is 33.3 Å². The summed E-state index contributed by atoms with van der Waals surface area (Å²) in [6.45, 7) is 8.34. The lowest BCUT2D eigenvalue weighted by molar-refractivity contribution is 0.174. The number of methoxy groups -OCH3 is 1. The average Bonchev–Trinajstić information content (AvgIpc) is 2.46. The Hall–Kier alpha value is -1.10. The molecule has 0 aliphatic carbocycles. The minimum Gasteiger partial charge on any atom is -0.496 e. The molecule has 0 amide bonds. The zero-order valence-electron chi connectivity index (χ0n) is 12.1. The van der Waals surface area contributed by atoms with Gasteiger partial charge < -0.3 is 15.8 Å². The van der Waals surface area contributed by atoms with Gasteiger partial charge >= 0.3 is 0 Å². The molecule has 0 spiro atoms. The Kier molecular flexibility index (Phi) is 4.80. The van der Waals surface area contributed by atoms with Crippen molar-refractivity contribution in [3.8, 4) is 5.75 Å². The number of benzene rings is 1. The number of nitrogens with zero attached hydrogens (tertiary/aromatic N) is 1. The van der Waals surface area contributed by atoms with Gasteiger partial charge in [0.2, 0.25) is 0 Å². The third-order valence-electron chi connectivity index (χ3n) is 3.79. The van der Waals surface area contributed by atoms with Gasteiger partial charge in [-0.25, -0.2) is 0 Å². The van der Waals surface area contributed by atoms with Crippen LogP contribution in [0.3, 0.4) is 0 Å². The Morgan fingerprint density at radius 3 is 2.53 bits per heavy atom. The average molecular weight is 263 g/mol. The highest BCUT2D eigenvalue weighted by Gasteiger charge is 2.21. The topological polar surface area (TPSA) is 50.5 Å². The van der Waals surface area contributed by atoms with Crippen molar-refractivity contribution in [1.29, 1.82) is 0 Å². The zero-order chi connectivity index (χ0) is 13.8. The van der Waals surface area contributed by atoms with Crippen LogP contribution in [0.15, 0.2) is 18.2 Å². The van der Waals surface area contributed by atoms with Crippen LogP contribution in [0.5, 0.6) is 5.75 Å². The van der Waals surface area contributed by atoms with Crippen molar-refractivity contribution in [2.24, 2.45) is 5.73 Å². The maximum absolute atomic E-state index is 6.39. The molecule has 1 saturated heterocycles. The molecule has 3 N–H and O–H groups in total. The number of hydrogen-bond donors (Lipinski definition) is 2. The van der Waals surface area contributed by atoms with Crippen LogP contribution in [0.25, 0.3) is 0 Å². The lowest BCUT2D eigenvalue weighted by Crippen LogP contribution is -2.47. The summed E-state index contributed by atoms with van der Waals surface area (Å²) < 4.78 is 5.53. The number of hydrogen-bond acceptors (Lipinski definition) is 4. The van der Waals surface area contributed by atoms with E-state index >= 15 is 0 Å². The van der Waals surface area contributed by atoms with E-state index in [1.807, 2.05) is 0 Å². The standard InChI is InChI=1S/C15H25N3O/c1-11(2)12-4-5-13(14(10-12)19-3)15(16)18-8-6-17-7-9-18/h4-5,10-11,15,17H,6-9,16H2,1-3H3. The van der Waals surface area contributed by atoms with Gasteiger partial charge in [-0.3, -0.25) is 4.90 Å². The molecule has 4 heteroatoms. The van der Waals surface area contributed by atoms with Crippen molar-refractivity contribution < 1.29 is 4.74 Å². The zero-order valence-corrected chi connectivity index (χ0v) is 12.1. The molecule has 106 valence electrons. The molecule has 0 saturated carbocycles. The highest BCUT2D eigenvalue weighted by atomic mass is 16.5. The first-order chi connectivity index (χ1) is 9.13. The number of rotatable bonds is 4. The summed E-state index contributed by atoms with van der Waals surface area (Å²) in [5.41, 5.74) is 8.75. The van der Waals surface area contributed by atoms with Gasteiger partial charge in [0, 0.05) is 31.7 Å². The molecule has 1 unspecified atom stereocenters. The summed E-state index contributed by atoms with van der Waals surface area (Å²) in [6, 6.07) is 6.38. The number of ether oxygens (including phenoxy) is 1. The predicted molar refractivity (Wildman–Crippen MR) is 78.5 cm³/mol. The molecular weight excluding hydrogens is 238 g/mol. The van der Waals surface area contributed by atoms with Gasteiger partial charge in [0.1, 0.15) is 5.75 Å². The van der Waals surface area contributed by atoms with Crippen LogP contribution < -0.4 is 15.8 Å². The van der Waals surface area contributed by atoms with Gasteiger partial charge in [0.05, 0.1) is 13.3 Å². The minimum atomic E-state index is -0.0849. The molecular formula is C15H25N3O. The third kappa shape index (κ3) is 3.26. The molecule has 1 aliphatic rings. The van der Waals surface area contributed by atoms with Crippen LogP contribution in [0.2, 0.25) is 0 Å². The third-order valence-corrected chi connectivity index (χ3v) is 3.79. The Morgan fingerprint density at radius 2 is 1.95 bits per heavy atom. The summed E-state index contributed by atoms with van der Waals surface area (Å²) >= 11 is 0. The van der Waals surface area contributed by atoms with Crippen molar-refractivity contribution in [1.82, 2.24) is 10.2 Å². The molecule has 19 heavy (non-hydrogen) atoms. The fourth-order valence-electron chi connectivity index (χ4n) is 2.49. The summed E-state index contributed by atoms with van der Waals surface area (Å²) in [5.74, 6) is 1.40. The first-order valence-electron chi connectivity index (χ1n) is 7.01. The van der Waals surface area contributed by atoms with Gasteiger partial charge in [0.25, 0.3) is 0 Å². The van der Waals surface area contributed by atoms with Crippen LogP contribution in [-0.4, -0.2) is 38.2 Å². The van der Waals surface area contributed by atoms with E-state index in [9.17, 15) is 0 Å². The highest BCUT2D eigenvalue weighted by molar-refractivity contribution is 5.40. The van der Waals surface area contributed by atoms with E-state index in [1.54, 1.807) is 7.11 Å². The van der Waals surface area contributed by atoms with E-state index < -0.39 is 0 Å². The van der Waals surface area contributed by atoms with Crippen molar-refractivity contribution in [2.45, 2.75) is 25.9 Å². The monoisotopic (exact) mass is 263 g/mol. The van der Waals surface area contributed by atoms with Gasteiger partial charge in [-0.15, -0.1) is 0 Å². The Bertz CT molecular complexity index is 414. The van der Waals surface area contributed by atoms with E-state index in [0.717, 1.165) is 37.5 Å². The van der Waals surface area contributed by atoms with Crippen molar-refractivity contribution in [3.63, 3.8) is 0 Å². The molecule has 4 nitrogen and oxygen atoms in total. The molecule has 0 bridgehead atoms. The molecule has 1 aliphatic heterocycles. The second-order valence-corrected chi connectivity index (χ2v) is 5.39. The van der Waals surface area contributed by atoms with E-state index in [2.05, 4.69) is 42.3 Å². The SMILES string of the molecule is COc1cc(C(C)C)ccc1C(N)N1CCNCC1. The molecule has 1 fully saturated rings. The Balaban J connectivity index is 2.22. The van der Waals surface area contributed by atoms with Crippen LogP contribution in [-0.2, 0) is 0 Å². The normalized spacial score (nSPS) is 18.6. The fraction of sp³-hybridized carbons (Fsp3) is 0.600. The lowest BCUT2D eigenvalue weighted by atomic mass is 9.99. The Morgan fingerprint density at radius 1 is 1.26 bits per heavy atom. The summed E-state index contributed by atoms with van der Waals surface area (Å²) in [6.07, 6.45) is -0.0849.